The van der Waals surface area contributed by atoms with Crippen molar-refractivity contribution < 1.29 is 4.79 Å². The van der Waals surface area contributed by atoms with Crippen LogP contribution in [-0.4, -0.2) is 44.1 Å². The fraction of sp³-hybridized carbons (Fsp3) is 0.562. The number of nitrogens with one attached hydrogen (secondary N) is 1. The first-order valence-electron chi connectivity index (χ1n) is 7.85. The zero-order valence-corrected chi connectivity index (χ0v) is 13.4. The molecule has 22 heavy (non-hydrogen) atoms. The highest BCUT2D eigenvalue weighted by Crippen LogP contribution is 2.20. The highest BCUT2D eigenvalue weighted by molar-refractivity contribution is 5.92. The summed E-state index contributed by atoms with van der Waals surface area (Å²) < 4.78 is 2.20. The molecule has 118 valence electrons. The SMILES string of the molecule is CC(C)c1cc(C(=O)N(C)C[C@H]2CCn3ccnc3C2)n[nH]1. The summed E-state index contributed by atoms with van der Waals surface area (Å²) in [4.78, 5) is 18.6. The first-order valence-corrected chi connectivity index (χ1v) is 7.85. The molecular formula is C16H23N5O. The Labute approximate surface area is 130 Å². The molecular weight excluding hydrogens is 278 g/mol. The molecule has 0 spiro atoms. The second-order valence-corrected chi connectivity index (χ2v) is 6.44. The van der Waals surface area contributed by atoms with Crippen molar-refractivity contribution in [2.45, 2.75) is 39.2 Å². The van der Waals surface area contributed by atoms with Crippen LogP contribution in [0.5, 0.6) is 0 Å². The predicted molar refractivity (Wildman–Crippen MR) is 83.7 cm³/mol. The number of hydrogen-bond donors (Lipinski definition) is 1. The second-order valence-electron chi connectivity index (χ2n) is 6.44. The summed E-state index contributed by atoms with van der Waals surface area (Å²) >= 11 is 0. The number of hydrogen-bond acceptors (Lipinski definition) is 3. The maximum atomic E-state index is 12.5. The molecule has 2 aromatic heterocycles. The van der Waals surface area contributed by atoms with Crippen LogP contribution in [0.3, 0.4) is 0 Å². The van der Waals surface area contributed by atoms with Crippen molar-refractivity contribution in [3.05, 3.63) is 35.7 Å². The van der Waals surface area contributed by atoms with Crippen molar-refractivity contribution in [2.75, 3.05) is 13.6 Å². The Kier molecular flexibility index (Phi) is 4.00. The van der Waals surface area contributed by atoms with E-state index in [4.69, 9.17) is 0 Å². The molecule has 0 aliphatic carbocycles. The number of amides is 1. The van der Waals surface area contributed by atoms with Gasteiger partial charge in [0.05, 0.1) is 0 Å². The van der Waals surface area contributed by atoms with Crippen LogP contribution in [0.25, 0.3) is 0 Å². The van der Waals surface area contributed by atoms with E-state index in [0.717, 1.165) is 37.4 Å². The number of nitrogens with zero attached hydrogens (tertiary/aromatic N) is 4. The number of carbonyl (C=O) groups excluding carboxylic acids is 1. The largest absolute Gasteiger partial charge is 0.340 e. The van der Waals surface area contributed by atoms with Gasteiger partial charge in [0.1, 0.15) is 11.5 Å². The van der Waals surface area contributed by atoms with E-state index < -0.39 is 0 Å². The quantitative estimate of drug-likeness (QED) is 0.940. The summed E-state index contributed by atoms with van der Waals surface area (Å²) in [7, 11) is 1.85. The fourth-order valence-electron chi connectivity index (χ4n) is 2.98. The van der Waals surface area contributed by atoms with Gasteiger partial charge >= 0.3 is 0 Å². The molecule has 6 heteroatoms. The minimum absolute atomic E-state index is 0.0166. The van der Waals surface area contributed by atoms with E-state index in [1.54, 1.807) is 4.90 Å². The average molecular weight is 301 g/mol. The van der Waals surface area contributed by atoms with Gasteiger partial charge in [-0.3, -0.25) is 9.89 Å². The van der Waals surface area contributed by atoms with Crippen molar-refractivity contribution in [1.29, 1.82) is 0 Å². The lowest BCUT2D eigenvalue weighted by Crippen LogP contribution is -2.35. The summed E-state index contributed by atoms with van der Waals surface area (Å²) in [6, 6.07) is 1.86. The Bertz CT molecular complexity index is 657. The van der Waals surface area contributed by atoms with Gasteiger partial charge in [0, 0.05) is 44.6 Å². The monoisotopic (exact) mass is 301 g/mol. The maximum absolute atomic E-state index is 12.5. The van der Waals surface area contributed by atoms with Crippen LogP contribution in [0.4, 0.5) is 0 Å². The number of aryl methyl sites for hydroxylation is 1. The van der Waals surface area contributed by atoms with E-state index in [0.29, 0.717) is 17.5 Å². The summed E-state index contributed by atoms with van der Waals surface area (Å²) in [6.45, 7) is 5.89. The first kappa shape index (κ1) is 14.8. The number of aromatic amines is 1. The van der Waals surface area contributed by atoms with Gasteiger partial charge in [0.25, 0.3) is 5.91 Å². The Balaban J connectivity index is 1.62. The normalized spacial score (nSPS) is 17.5. The van der Waals surface area contributed by atoms with Crippen LogP contribution in [0, 0.1) is 5.92 Å². The van der Waals surface area contributed by atoms with Gasteiger partial charge < -0.3 is 9.47 Å². The molecule has 3 rings (SSSR count). The predicted octanol–water partition coefficient (Wildman–Crippen LogP) is 2.06. The number of imidazole rings is 1. The van der Waals surface area contributed by atoms with Crippen molar-refractivity contribution in [3.8, 4) is 0 Å². The van der Waals surface area contributed by atoms with E-state index >= 15 is 0 Å². The molecule has 1 aliphatic heterocycles. The molecule has 0 bridgehead atoms. The molecule has 3 heterocycles. The van der Waals surface area contributed by atoms with Gasteiger partial charge in [-0.25, -0.2) is 4.98 Å². The lowest BCUT2D eigenvalue weighted by atomic mass is 9.97. The molecule has 0 fully saturated rings. The lowest BCUT2D eigenvalue weighted by molar-refractivity contribution is 0.0758. The molecule has 1 aliphatic rings. The minimum Gasteiger partial charge on any atom is -0.340 e. The highest BCUT2D eigenvalue weighted by atomic mass is 16.2. The van der Waals surface area contributed by atoms with Crippen LogP contribution < -0.4 is 0 Å². The molecule has 6 nitrogen and oxygen atoms in total. The van der Waals surface area contributed by atoms with E-state index in [1.165, 1.54) is 0 Å². The number of aromatic nitrogens is 4. The standard InChI is InChI=1S/C16H23N5O/c1-11(2)13-9-14(19-18-13)16(22)20(3)10-12-4-6-21-7-5-17-15(21)8-12/h5,7,9,11-12H,4,6,8,10H2,1-3H3,(H,18,19)/t12-/m0/s1. The minimum atomic E-state index is -0.0166. The molecule has 2 aromatic rings. The molecule has 1 N–H and O–H groups in total. The van der Waals surface area contributed by atoms with Crippen LogP contribution >= 0.6 is 0 Å². The molecule has 1 amide bonds. The van der Waals surface area contributed by atoms with Crippen molar-refractivity contribution in [1.82, 2.24) is 24.6 Å². The molecule has 0 aromatic carbocycles. The topological polar surface area (TPSA) is 66.8 Å². The van der Waals surface area contributed by atoms with Gasteiger partial charge in [-0.05, 0) is 24.3 Å². The molecule has 0 radical (unpaired) electrons. The van der Waals surface area contributed by atoms with Gasteiger partial charge in [0.2, 0.25) is 0 Å². The van der Waals surface area contributed by atoms with Gasteiger partial charge in [-0.2, -0.15) is 5.10 Å². The third-order valence-corrected chi connectivity index (χ3v) is 4.37. The fourth-order valence-corrected chi connectivity index (χ4v) is 2.98. The van der Waals surface area contributed by atoms with Crippen LogP contribution in [0.1, 0.15) is 48.2 Å². The summed E-state index contributed by atoms with van der Waals surface area (Å²) in [5, 5.41) is 7.09. The van der Waals surface area contributed by atoms with E-state index in [-0.39, 0.29) is 5.91 Å². The van der Waals surface area contributed by atoms with Crippen molar-refractivity contribution in [3.63, 3.8) is 0 Å². The zero-order valence-electron chi connectivity index (χ0n) is 13.4. The van der Waals surface area contributed by atoms with Crippen LogP contribution in [-0.2, 0) is 13.0 Å². The summed E-state index contributed by atoms with van der Waals surface area (Å²) in [5.74, 6) is 1.92. The second kappa shape index (κ2) is 5.94. The third kappa shape index (κ3) is 2.91. The van der Waals surface area contributed by atoms with Gasteiger partial charge in [-0.15, -0.1) is 0 Å². The van der Waals surface area contributed by atoms with Gasteiger partial charge in [0.15, 0.2) is 0 Å². The molecule has 0 saturated heterocycles. The number of H-pyrrole nitrogens is 1. The Morgan fingerprint density at radius 3 is 3.09 bits per heavy atom. The smallest absolute Gasteiger partial charge is 0.274 e. The van der Waals surface area contributed by atoms with Crippen molar-refractivity contribution in [2.24, 2.45) is 5.92 Å². The van der Waals surface area contributed by atoms with E-state index in [2.05, 4.69) is 33.6 Å². The Hall–Kier alpha value is -2.11. The Morgan fingerprint density at radius 2 is 2.36 bits per heavy atom. The molecule has 0 saturated carbocycles. The van der Waals surface area contributed by atoms with Gasteiger partial charge in [-0.1, -0.05) is 13.8 Å². The van der Waals surface area contributed by atoms with Crippen molar-refractivity contribution >= 4 is 5.91 Å². The first-order chi connectivity index (χ1) is 10.5. The lowest BCUT2D eigenvalue weighted by Gasteiger charge is -2.27. The number of fused-ring (bicyclic) bond motifs is 1. The van der Waals surface area contributed by atoms with E-state index in [9.17, 15) is 4.79 Å². The van der Waals surface area contributed by atoms with Crippen LogP contribution in [0.2, 0.25) is 0 Å². The zero-order chi connectivity index (χ0) is 15.7. The summed E-state index contributed by atoms with van der Waals surface area (Å²) in [6.07, 6.45) is 5.89. The van der Waals surface area contributed by atoms with Crippen LogP contribution in [0.15, 0.2) is 18.5 Å². The number of carbonyl (C=O) groups is 1. The average Bonchev–Trinajstić information content (AvgIpc) is 3.15. The van der Waals surface area contributed by atoms with E-state index in [1.807, 2.05) is 25.5 Å². The molecule has 1 atom stereocenters. The third-order valence-electron chi connectivity index (χ3n) is 4.37. The highest BCUT2D eigenvalue weighted by Gasteiger charge is 2.23. The number of rotatable bonds is 4. The molecule has 0 unspecified atom stereocenters. The maximum Gasteiger partial charge on any atom is 0.274 e. The summed E-state index contributed by atoms with van der Waals surface area (Å²) in [5.41, 5.74) is 1.50. The Morgan fingerprint density at radius 1 is 1.55 bits per heavy atom.